The fraction of sp³-hybridized carbons (Fsp3) is 0.682. The zero-order valence-electron chi connectivity index (χ0n) is 19.0. The minimum atomic E-state index is -5.68. The van der Waals surface area contributed by atoms with Crippen LogP contribution in [0.2, 0.25) is 0 Å². The zero-order chi connectivity index (χ0) is 24.4. The van der Waals surface area contributed by atoms with Gasteiger partial charge in [0, 0.05) is 19.6 Å². The van der Waals surface area contributed by atoms with E-state index in [0.717, 1.165) is 37.8 Å². The molecule has 0 aromatic heterocycles. The van der Waals surface area contributed by atoms with Gasteiger partial charge in [-0.05, 0) is 76.0 Å². The third-order valence-corrected chi connectivity index (χ3v) is 7.05. The van der Waals surface area contributed by atoms with E-state index in [-0.39, 0.29) is 23.8 Å². The number of amides is 1. The number of carbonyl (C=O) groups is 1. The SMILES string of the molecule is CC(C)(C)OC(=O)N1CCNCC1C1CCC(c2ccc(OS(=O)(=O)C(F)(F)F)cc2)CC1. The van der Waals surface area contributed by atoms with Gasteiger partial charge < -0.3 is 19.1 Å². The molecule has 1 aromatic carbocycles. The predicted molar refractivity (Wildman–Crippen MR) is 116 cm³/mol. The Hall–Kier alpha value is -2.01. The van der Waals surface area contributed by atoms with Crippen LogP contribution in [0, 0.1) is 5.92 Å². The first-order valence-electron chi connectivity index (χ1n) is 11.1. The quantitative estimate of drug-likeness (QED) is 0.496. The Morgan fingerprint density at radius 2 is 1.67 bits per heavy atom. The van der Waals surface area contributed by atoms with Crippen LogP contribution in [0.1, 0.15) is 57.9 Å². The Bertz CT molecular complexity index is 921. The van der Waals surface area contributed by atoms with Gasteiger partial charge in [0.05, 0.1) is 6.04 Å². The molecule has 1 aliphatic carbocycles. The van der Waals surface area contributed by atoms with Gasteiger partial charge in [0.1, 0.15) is 11.4 Å². The Morgan fingerprint density at radius 1 is 1.06 bits per heavy atom. The Labute approximate surface area is 192 Å². The molecule has 3 rings (SSSR count). The van der Waals surface area contributed by atoms with E-state index in [4.69, 9.17) is 4.74 Å². The molecule has 2 aliphatic rings. The van der Waals surface area contributed by atoms with Crippen molar-refractivity contribution < 1.29 is 35.3 Å². The van der Waals surface area contributed by atoms with Crippen LogP contribution >= 0.6 is 0 Å². The number of ether oxygens (including phenoxy) is 1. The summed E-state index contributed by atoms with van der Waals surface area (Å²) in [4.78, 5) is 14.5. The van der Waals surface area contributed by atoms with Gasteiger partial charge in [-0.15, -0.1) is 0 Å². The van der Waals surface area contributed by atoms with Crippen molar-refractivity contribution >= 4 is 16.2 Å². The lowest BCUT2D eigenvalue weighted by Crippen LogP contribution is -2.57. The van der Waals surface area contributed by atoms with Crippen LogP contribution in [0.15, 0.2) is 24.3 Å². The van der Waals surface area contributed by atoms with Crippen molar-refractivity contribution in [3.05, 3.63) is 29.8 Å². The van der Waals surface area contributed by atoms with E-state index in [2.05, 4.69) is 9.50 Å². The van der Waals surface area contributed by atoms with Crippen molar-refractivity contribution in [3.8, 4) is 5.75 Å². The summed E-state index contributed by atoms with van der Waals surface area (Å²) in [6, 6.07) is 5.78. The standard InChI is InChI=1S/C22H31F3N2O5S/c1-21(2,3)31-20(28)27-13-12-26-14-19(27)17-6-4-15(5-7-17)16-8-10-18(11-9-16)32-33(29,30)22(23,24)25/h8-11,15,17,19,26H,4-7,12-14H2,1-3H3. The van der Waals surface area contributed by atoms with Crippen molar-refractivity contribution in [2.24, 2.45) is 5.92 Å². The Balaban J connectivity index is 1.59. The normalized spacial score (nSPS) is 24.9. The van der Waals surface area contributed by atoms with Gasteiger partial charge in [-0.2, -0.15) is 21.6 Å². The molecule has 1 saturated heterocycles. The molecule has 1 aromatic rings. The maximum absolute atomic E-state index is 12.7. The molecular formula is C22H31F3N2O5S. The van der Waals surface area contributed by atoms with Crippen molar-refractivity contribution in [1.29, 1.82) is 0 Å². The summed E-state index contributed by atoms with van der Waals surface area (Å²) in [6.07, 6.45) is 3.24. The lowest BCUT2D eigenvalue weighted by Gasteiger charge is -2.43. The zero-order valence-corrected chi connectivity index (χ0v) is 19.8. The van der Waals surface area contributed by atoms with Gasteiger partial charge in [-0.3, -0.25) is 0 Å². The number of alkyl halides is 3. The number of rotatable bonds is 4. The van der Waals surface area contributed by atoms with Gasteiger partial charge >= 0.3 is 21.7 Å². The second-order valence-corrected chi connectivity index (χ2v) is 11.1. The highest BCUT2D eigenvalue weighted by Crippen LogP contribution is 2.39. The number of hydrogen-bond acceptors (Lipinski definition) is 6. The molecule has 1 atom stereocenters. The highest BCUT2D eigenvalue weighted by atomic mass is 32.2. The molecule has 1 heterocycles. The molecule has 1 aliphatic heterocycles. The van der Waals surface area contributed by atoms with Crippen molar-refractivity contribution in [2.75, 3.05) is 19.6 Å². The average molecular weight is 493 g/mol. The number of nitrogens with zero attached hydrogens (tertiary/aromatic N) is 1. The lowest BCUT2D eigenvalue weighted by molar-refractivity contribution is -0.0500. The fourth-order valence-corrected chi connectivity index (χ4v) is 4.96. The summed E-state index contributed by atoms with van der Waals surface area (Å²) in [5.74, 6) is 0.160. The minimum Gasteiger partial charge on any atom is -0.444 e. The molecule has 11 heteroatoms. The van der Waals surface area contributed by atoms with Crippen LogP contribution in [0.4, 0.5) is 18.0 Å². The Morgan fingerprint density at radius 3 is 2.21 bits per heavy atom. The van der Waals surface area contributed by atoms with Crippen LogP contribution in [-0.4, -0.2) is 56.2 Å². The smallest absolute Gasteiger partial charge is 0.444 e. The molecule has 186 valence electrons. The number of piperazine rings is 1. The van der Waals surface area contributed by atoms with Crippen LogP contribution in [0.25, 0.3) is 0 Å². The summed E-state index contributed by atoms with van der Waals surface area (Å²) < 4.78 is 69.5. The second-order valence-electron chi connectivity index (χ2n) is 9.61. The lowest BCUT2D eigenvalue weighted by atomic mass is 9.75. The molecular weight excluding hydrogens is 461 g/mol. The molecule has 7 nitrogen and oxygen atoms in total. The van der Waals surface area contributed by atoms with E-state index in [1.807, 2.05) is 25.7 Å². The van der Waals surface area contributed by atoms with Crippen molar-refractivity contribution in [3.63, 3.8) is 0 Å². The molecule has 33 heavy (non-hydrogen) atoms. The third-order valence-electron chi connectivity index (χ3n) is 6.07. The van der Waals surface area contributed by atoms with Crippen LogP contribution < -0.4 is 9.50 Å². The number of hydrogen-bond donors (Lipinski definition) is 1. The van der Waals surface area contributed by atoms with Crippen LogP contribution in [0.3, 0.4) is 0 Å². The van der Waals surface area contributed by atoms with E-state index in [0.29, 0.717) is 19.0 Å². The number of nitrogens with one attached hydrogen (secondary N) is 1. The molecule has 1 unspecified atom stereocenters. The summed E-state index contributed by atoms with van der Waals surface area (Å²) >= 11 is 0. The maximum Gasteiger partial charge on any atom is 0.534 e. The number of halogens is 3. The molecule has 0 bridgehead atoms. The third kappa shape index (κ3) is 6.53. The van der Waals surface area contributed by atoms with E-state index in [9.17, 15) is 26.4 Å². The largest absolute Gasteiger partial charge is 0.534 e. The number of carbonyl (C=O) groups excluding carboxylic acids is 1. The highest BCUT2D eigenvalue weighted by Gasteiger charge is 2.48. The van der Waals surface area contributed by atoms with Crippen LogP contribution in [0.5, 0.6) is 5.75 Å². The monoisotopic (exact) mass is 492 g/mol. The number of benzene rings is 1. The van der Waals surface area contributed by atoms with Gasteiger partial charge in [-0.1, -0.05) is 12.1 Å². The van der Waals surface area contributed by atoms with Crippen molar-refractivity contribution in [1.82, 2.24) is 10.2 Å². The fourth-order valence-electron chi connectivity index (χ4n) is 4.50. The van der Waals surface area contributed by atoms with E-state index >= 15 is 0 Å². The van der Waals surface area contributed by atoms with E-state index < -0.39 is 21.2 Å². The highest BCUT2D eigenvalue weighted by molar-refractivity contribution is 7.88. The van der Waals surface area contributed by atoms with Gasteiger partial charge in [-0.25, -0.2) is 4.79 Å². The molecule has 1 N–H and O–H groups in total. The first-order chi connectivity index (χ1) is 15.3. The summed E-state index contributed by atoms with van der Waals surface area (Å²) in [7, 11) is -5.68. The Kier molecular flexibility index (Phi) is 7.52. The predicted octanol–water partition coefficient (Wildman–Crippen LogP) is 4.40. The topological polar surface area (TPSA) is 84.9 Å². The first kappa shape index (κ1) is 25.6. The molecule has 1 saturated carbocycles. The molecule has 0 spiro atoms. The average Bonchev–Trinajstić information content (AvgIpc) is 2.72. The summed E-state index contributed by atoms with van der Waals surface area (Å²) in [6.45, 7) is 7.59. The van der Waals surface area contributed by atoms with Gasteiger partial charge in [0.15, 0.2) is 0 Å². The summed E-state index contributed by atoms with van der Waals surface area (Å²) in [5.41, 5.74) is -5.10. The molecule has 1 amide bonds. The van der Waals surface area contributed by atoms with Gasteiger partial charge in [0.2, 0.25) is 0 Å². The van der Waals surface area contributed by atoms with Gasteiger partial charge in [0.25, 0.3) is 0 Å². The van der Waals surface area contributed by atoms with E-state index in [1.165, 1.54) is 12.1 Å². The summed E-state index contributed by atoms with van der Waals surface area (Å²) in [5, 5.41) is 3.37. The molecule has 2 fully saturated rings. The second kappa shape index (κ2) is 9.69. The van der Waals surface area contributed by atoms with E-state index in [1.54, 1.807) is 12.1 Å². The van der Waals surface area contributed by atoms with Crippen molar-refractivity contribution in [2.45, 2.75) is 69.5 Å². The first-order valence-corrected chi connectivity index (χ1v) is 12.5. The van der Waals surface area contributed by atoms with Crippen LogP contribution in [-0.2, 0) is 14.9 Å². The minimum absolute atomic E-state index is 0.0536. The maximum atomic E-state index is 12.7. The molecule has 0 radical (unpaired) electrons.